The highest BCUT2D eigenvalue weighted by atomic mass is 16.3. The number of carbonyl (C=O) groups excluding carboxylic acids is 1. The third-order valence-corrected chi connectivity index (χ3v) is 6.24. The van der Waals surface area contributed by atoms with Gasteiger partial charge in [-0.3, -0.25) is 9.59 Å². The quantitative estimate of drug-likeness (QED) is 0.673. The summed E-state index contributed by atoms with van der Waals surface area (Å²) < 4.78 is 1.58. The largest absolute Gasteiger partial charge is 0.392 e. The molecule has 166 valence electrons. The number of amides is 1. The van der Waals surface area contributed by atoms with Crippen LogP contribution in [0.4, 0.5) is 11.4 Å². The zero-order valence-electron chi connectivity index (χ0n) is 19.1. The van der Waals surface area contributed by atoms with Gasteiger partial charge in [0, 0.05) is 56.3 Å². The number of rotatable bonds is 5. The molecule has 0 spiro atoms. The summed E-state index contributed by atoms with van der Waals surface area (Å²) in [5.74, 6) is -0.0573. The minimum Gasteiger partial charge on any atom is -0.392 e. The number of benzene rings is 2. The Labute approximate surface area is 188 Å². The van der Waals surface area contributed by atoms with Crippen LogP contribution in [0.15, 0.2) is 53.5 Å². The van der Waals surface area contributed by atoms with Gasteiger partial charge in [0.25, 0.3) is 11.5 Å². The number of pyridine rings is 1. The second-order valence-corrected chi connectivity index (χ2v) is 8.43. The van der Waals surface area contributed by atoms with Gasteiger partial charge >= 0.3 is 0 Å². The minimum atomic E-state index is -0.202. The number of aliphatic hydroxyl groups is 1. The molecular weight excluding hydrogens is 402 g/mol. The lowest BCUT2D eigenvalue weighted by molar-refractivity contribution is 0.0980. The Morgan fingerprint density at radius 1 is 1.06 bits per heavy atom. The van der Waals surface area contributed by atoms with E-state index in [0.29, 0.717) is 29.8 Å². The van der Waals surface area contributed by atoms with Gasteiger partial charge in [0.15, 0.2) is 0 Å². The Kier molecular flexibility index (Phi) is 5.89. The lowest BCUT2D eigenvalue weighted by Crippen LogP contribution is -2.38. The zero-order chi connectivity index (χ0) is 23.0. The number of fused-ring (bicyclic) bond motifs is 1. The van der Waals surface area contributed by atoms with Gasteiger partial charge in [0.1, 0.15) is 0 Å². The van der Waals surface area contributed by atoms with E-state index < -0.39 is 0 Å². The molecule has 1 amide bonds. The lowest BCUT2D eigenvalue weighted by Gasteiger charge is -2.31. The van der Waals surface area contributed by atoms with Crippen LogP contribution in [0.3, 0.4) is 0 Å². The van der Waals surface area contributed by atoms with Crippen molar-refractivity contribution in [3.8, 4) is 11.1 Å². The molecule has 1 aromatic heterocycles. The van der Waals surface area contributed by atoms with Crippen LogP contribution < -0.4 is 15.4 Å². The normalized spacial score (nSPS) is 13.3. The molecule has 1 N–H and O–H groups in total. The van der Waals surface area contributed by atoms with E-state index in [1.54, 1.807) is 22.7 Å². The maximum Gasteiger partial charge on any atom is 0.258 e. The molecule has 0 saturated heterocycles. The molecular formula is C26H29N3O3. The molecule has 6 heteroatoms. The number of nitrogens with zero attached hydrogens (tertiary/aromatic N) is 3. The first kappa shape index (κ1) is 21.8. The van der Waals surface area contributed by atoms with Crippen molar-refractivity contribution in [2.24, 2.45) is 7.05 Å². The molecule has 2 heterocycles. The number of aryl methyl sites for hydroxylation is 2. The van der Waals surface area contributed by atoms with Gasteiger partial charge in [-0.1, -0.05) is 19.1 Å². The summed E-state index contributed by atoms with van der Waals surface area (Å²) in [4.78, 5) is 29.5. The summed E-state index contributed by atoms with van der Waals surface area (Å²) in [5.41, 5.74) is 6.61. The SMILES string of the molecule is CCc1cc(-c2cccc(N3CCc4cc(N(C)C)ccc4C3=O)c2CO)cn(C)c1=O. The van der Waals surface area contributed by atoms with Crippen molar-refractivity contribution in [2.45, 2.75) is 26.4 Å². The van der Waals surface area contributed by atoms with Gasteiger partial charge in [0.2, 0.25) is 0 Å². The highest BCUT2D eigenvalue weighted by Crippen LogP contribution is 2.34. The third kappa shape index (κ3) is 3.71. The fourth-order valence-corrected chi connectivity index (χ4v) is 4.43. The van der Waals surface area contributed by atoms with Crippen molar-refractivity contribution in [1.29, 1.82) is 0 Å². The van der Waals surface area contributed by atoms with Crippen molar-refractivity contribution in [3.05, 3.63) is 81.3 Å². The van der Waals surface area contributed by atoms with Gasteiger partial charge in [-0.05, 0) is 59.9 Å². The first-order chi connectivity index (χ1) is 15.3. The molecule has 6 nitrogen and oxygen atoms in total. The van der Waals surface area contributed by atoms with Gasteiger partial charge in [-0.25, -0.2) is 0 Å². The molecule has 0 atom stereocenters. The van der Waals surface area contributed by atoms with Crippen LogP contribution in [-0.4, -0.2) is 36.2 Å². The molecule has 0 bridgehead atoms. The molecule has 3 aromatic rings. The van der Waals surface area contributed by atoms with Crippen molar-refractivity contribution in [2.75, 3.05) is 30.4 Å². The Balaban J connectivity index is 1.79. The molecule has 4 rings (SSSR count). The predicted molar refractivity (Wildman–Crippen MR) is 129 cm³/mol. The van der Waals surface area contributed by atoms with Crippen molar-refractivity contribution < 1.29 is 9.90 Å². The number of hydrogen-bond acceptors (Lipinski definition) is 4. The molecule has 0 radical (unpaired) electrons. The molecule has 0 aliphatic carbocycles. The van der Waals surface area contributed by atoms with Crippen LogP contribution in [0.1, 0.15) is 34.0 Å². The van der Waals surface area contributed by atoms with E-state index in [-0.39, 0.29) is 18.1 Å². The van der Waals surface area contributed by atoms with Crippen LogP contribution in [0.2, 0.25) is 0 Å². The van der Waals surface area contributed by atoms with Crippen LogP contribution in [0, 0.1) is 0 Å². The van der Waals surface area contributed by atoms with E-state index in [2.05, 4.69) is 6.07 Å². The smallest absolute Gasteiger partial charge is 0.258 e. The Morgan fingerprint density at radius 2 is 1.84 bits per heavy atom. The summed E-state index contributed by atoms with van der Waals surface area (Å²) >= 11 is 0. The van der Waals surface area contributed by atoms with E-state index in [4.69, 9.17) is 0 Å². The standard InChI is InChI=1S/C26H29N3O3/c1-5-17-13-19(15-28(4)25(17)31)21-7-6-8-24(23(21)16-30)29-12-11-18-14-20(27(2)3)9-10-22(18)26(29)32/h6-10,13-15,30H,5,11-12,16H2,1-4H3. The van der Waals surface area contributed by atoms with Gasteiger partial charge in [0.05, 0.1) is 12.3 Å². The number of aromatic nitrogens is 1. The third-order valence-electron chi connectivity index (χ3n) is 6.24. The molecule has 1 aliphatic rings. The number of hydrogen-bond donors (Lipinski definition) is 1. The maximum atomic E-state index is 13.4. The van der Waals surface area contributed by atoms with Gasteiger partial charge in [-0.2, -0.15) is 0 Å². The van der Waals surface area contributed by atoms with Crippen molar-refractivity contribution >= 4 is 17.3 Å². The Hall–Kier alpha value is -3.38. The van der Waals surface area contributed by atoms with Crippen LogP contribution in [0.5, 0.6) is 0 Å². The summed E-state index contributed by atoms with van der Waals surface area (Å²) in [5, 5.41) is 10.3. The van der Waals surface area contributed by atoms with E-state index in [0.717, 1.165) is 34.4 Å². The van der Waals surface area contributed by atoms with Crippen molar-refractivity contribution in [3.63, 3.8) is 0 Å². The average Bonchev–Trinajstić information content (AvgIpc) is 2.80. The topological polar surface area (TPSA) is 65.8 Å². The molecule has 0 saturated carbocycles. The van der Waals surface area contributed by atoms with Gasteiger partial charge in [-0.15, -0.1) is 0 Å². The van der Waals surface area contributed by atoms with E-state index in [1.165, 1.54) is 0 Å². The summed E-state index contributed by atoms with van der Waals surface area (Å²) in [6.45, 7) is 2.30. The molecule has 2 aromatic carbocycles. The van der Waals surface area contributed by atoms with E-state index >= 15 is 0 Å². The van der Waals surface area contributed by atoms with Gasteiger partial charge < -0.3 is 19.5 Å². The first-order valence-electron chi connectivity index (χ1n) is 10.9. The Morgan fingerprint density at radius 3 is 2.53 bits per heavy atom. The van der Waals surface area contributed by atoms with Crippen LogP contribution in [-0.2, 0) is 26.5 Å². The number of anilines is 2. The zero-order valence-corrected chi connectivity index (χ0v) is 19.1. The predicted octanol–water partition coefficient (Wildman–Crippen LogP) is 3.38. The number of aliphatic hydroxyl groups excluding tert-OH is 1. The Bertz CT molecular complexity index is 1240. The van der Waals surface area contributed by atoms with E-state index in [9.17, 15) is 14.7 Å². The van der Waals surface area contributed by atoms with Crippen molar-refractivity contribution in [1.82, 2.24) is 4.57 Å². The summed E-state index contributed by atoms with van der Waals surface area (Å²) in [6.07, 6.45) is 3.17. The number of carbonyl (C=O) groups is 1. The van der Waals surface area contributed by atoms with Crippen LogP contribution >= 0.6 is 0 Å². The second-order valence-electron chi connectivity index (χ2n) is 8.43. The molecule has 0 unspecified atom stereocenters. The maximum absolute atomic E-state index is 13.4. The summed E-state index contributed by atoms with van der Waals surface area (Å²) in [7, 11) is 5.71. The minimum absolute atomic E-state index is 0.0159. The molecule has 0 fully saturated rings. The van der Waals surface area contributed by atoms with E-state index in [1.807, 2.05) is 62.3 Å². The fourth-order valence-electron chi connectivity index (χ4n) is 4.43. The second kappa shape index (κ2) is 8.63. The monoisotopic (exact) mass is 431 g/mol. The summed E-state index contributed by atoms with van der Waals surface area (Å²) in [6, 6.07) is 13.5. The average molecular weight is 432 g/mol. The first-order valence-corrected chi connectivity index (χ1v) is 10.9. The highest BCUT2D eigenvalue weighted by Gasteiger charge is 2.28. The fraction of sp³-hybridized carbons (Fsp3) is 0.308. The van der Waals surface area contributed by atoms with Crippen LogP contribution in [0.25, 0.3) is 11.1 Å². The molecule has 1 aliphatic heterocycles. The molecule has 32 heavy (non-hydrogen) atoms. The lowest BCUT2D eigenvalue weighted by atomic mass is 9.94. The highest BCUT2D eigenvalue weighted by molar-refractivity contribution is 6.09.